The molecule has 1 N–H and O–H groups in total. The quantitative estimate of drug-likeness (QED) is 0.713. The van der Waals surface area contributed by atoms with Crippen LogP contribution in [-0.2, 0) is 7.05 Å². The molecule has 0 aliphatic carbocycles. The normalized spacial score (nSPS) is 14.8. The molecule has 1 aliphatic rings. The molecule has 1 aromatic carbocycles. The molecule has 0 amide bonds. The first-order chi connectivity index (χ1) is 12.0. The summed E-state index contributed by atoms with van der Waals surface area (Å²) in [6, 6.07) is 4.81. The number of hydrogen-bond acceptors (Lipinski definition) is 3. The minimum absolute atomic E-state index is 0.147. The van der Waals surface area contributed by atoms with Crippen LogP contribution in [0.15, 0.2) is 45.9 Å². The Hall–Kier alpha value is -2.41. The molecule has 25 heavy (non-hydrogen) atoms. The number of aryl methyl sites for hydroxylation is 1. The summed E-state index contributed by atoms with van der Waals surface area (Å²) in [4.78, 5) is 17.3. The van der Waals surface area contributed by atoms with Gasteiger partial charge in [0.15, 0.2) is 0 Å². The summed E-state index contributed by atoms with van der Waals surface area (Å²) >= 11 is 3.38. The van der Waals surface area contributed by atoms with Crippen LogP contribution in [0.2, 0.25) is 0 Å². The summed E-state index contributed by atoms with van der Waals surface area (Å²) in [7, 11) is 1.63. The molecule has 128 valence electrons. The minimum Gasteiger partial charge on any atom is -0.365 e. The summed E-state index contributed by atoms with van der Waals surface area (Å²) < 4.78 is 15.2. The third kappa shape index (κ3) is 2.78. The Morgan fingerprint density at radius 2 is 2.20 bits per heavy atom. The van der Waals surface area contributed by atoms with Crippen LogP contribution in [0.1, 0.15) is 12.0 Å². The predicted octanol–water partition coefficient (Wildman–Crippen LogP) is 3.46. The molecular weight excluding hydrogens is 387 g/mol. The van der Waals surface area contributed by atoms with E-state index in [2.05, 4.69) is 37.0 Å². The Kier molecular flexibility index (Phi) is 3.95. The number of nitrogens with one attached hydrogen (secondary N) is 1. The second-order valence-corrected chi connectivity index (χ2v) is 6.88. The number of aromatic amines is 1. The maximum absolute atomic E-state index is 13.3. The van der Waals surface area contributed by atoms with Crippen LogP contribution < -0.4 is 10.5 Å². The van der Waals surface area contributed by atoms with E-state index in [9.17, 15) is 9.18 Å². The van der Waals surface area contributed by atoms with Gasteiger partial charge in [-0.3, -0.25) is 4.79 Å². The van der Waals surface area contributed by atoms with Gasteiger partial charge in [-0.2, -0.15) is 5.10 Å². The molecule has 0 saturated carbocycles. The van der Waals surface area contributed by atoms with Crippen molar-refractivity contribution < 1.29 is 4.39 Å². The highest BCUT2D eigenvalue weighted by Crippen LogP contribution is 2.32. The monoisotopic (exact) mass is 402 g/mol. The lowest BCUT2D eigenvalue weighted by Crippen LogP contribution is -2.31. The first kappa shape index (κ1) is 16.1. The van der Waals surface area contributed by atoms with Gasteiger partial charge in [-0.25, -0.2) is 9.07 Å². The maximum atomic E-state index is 13.3. The van der Waals surface area contributed by atoms with E-state index >= 15 is 0 Å². The largest absolute Gasteiger partial charge is 0.365 e. The number of nitrogens with zero attached hydrogens (tertiary/aromatic N) is 3. The van der Waals surface area contributed by atoms with Crippen LogP contribution in [0, 0.1) is 5.82 Å². The van der Waals surface area contributed by atoms with Crippen LogP contribution in [0.3, 0.4) is 0 Å². The van der Waals surface area contributed by atoms with E-state index in [1.54, 1.807) is 13.2 Å². The van der Waals surface area contributed by atoms with Crippen LogP contribution in [-0.4, -0.2) is 27.9 Å². The average molecular weight is 403 g/mol. The molecule has 1 aliphatic heterocycles. The van der Waals surface area contributed by atoms with Crippen LogP contribution >= 0.6 is 15.9 Å². The third-order valence-electron chi connectivity index (χ3n) is 4.60. The van der Waals surface area contributed by atoms with Crippen molar-refractivity contribution in [1.29, 1.82) is 0 Å². The Bertz CT molecular complexity index is 1050. The van der Waals surface area contributed by atoms with Crippen molar-refractivity contribution in [3.05, 3.63) is 62.9 Å². The van der Waals surface area contributed by atoms with E-state index in [4.69, 9.17) is 0 Å². The Labute approximate surface area is 151 Å². The SMILES string of the molecule is Cn1ncc(N2CC=C(c3c[nH]c4cc(F)ccc34)CC2)c(Br)c1=O. The van der Waals surface area contributed by atoms with Crippen LogP contribution in [0.4, 0.5) is 10.1 Å². The summed E-state index contributed by atoms with van der Waals surface area (Å²) in [5, 5.41) is 5.13. The van der Waals surface area contributed by atoms with Gasteiger partial charge in [0.05, 0.1) is 11.9 Å². The van der Waals surface area contributed by atoms with Gasteiger partial charge in [0.2, 0.25) is 0 Å². The fourth-order valence-electron chi connectivity index (χ4n) is 3.22. The van der Waals surface area contributed by atoms with Crippen molar-refractivity contribution in [2.24, 2.45) is 7.05 Å². The zero-order chi connectivity index (χ0) is 17.6. The van der Waals surface area contributed by atoms with Crippen molar-refractivity contribution in [2.75, 3.05) is 18.0 Å². The number of hydrogen-bond donors (Lipinski definition) is 1. The molecule has 0 atom stereocenters. The standard InChI is InChI=1S/C18H16BrFN4O/c1-23-18(25)17(19)16(10-22-23)24-6-4-11(5-7-24)14-9-21-15-8-12(20)2-3-13(14)15/h2-4,8-10,21H,5-7H2,1H3. The second-order valence-electron chi connectivity index (χ2n) is 6.09. The lowest BCUT2D eigenvalue weighted by Gasteiger charge is -2.28. The molecule has 0 bridgehead atoms. The first-order valence-electron chi connectivity index (χ1n) is 7.97. The fraction of sp³-hybridized carbons (Fsp3) is 0.222. The summed E-state index contributed by atoms with van der Waals surface area (Å²) in [5.74, 6) is -0.243. The summed E-state index contributed by atoms with van der Waals surface area (Å²) in [6.07, 6.45) is 6.63. The number of fused-ring (bicyclic) bond motifs is 1. The lowest BCUT2D eigenvalue weighted by molar-refractivity contribution is 0.629. The van der Waals surface area contributed by atoms with Crippen molar-refractivity contribution in [3.8, 4) is 0 Å². The number of anilines is 1. The van der Waals surface area contributed by atoms with Gasteiger partial charge in [0, 0.05) is 42.8 Å². The Morgan fingerprint density at radius 1 is 1.36 bits per heavy atom. The molecule has 3 heterocycles. The average Bonchev–Trinajstić information content (AvgIpc) is 3.03. The van der Waals surface area contributed by atoms with E-state index in [0.717, 1.165) is 35.1 Å². The zero-order valence-corrected chi connectivity index (χ0v) is 15.2. The van der Waals surface area contributed by atoms with Crippen LogP contribution in [0.5, 0.6) is 0 Å². The van der Waals surface area contributed by atoms with Gasteiger partial charge in [0.1, 0.15) is 10.3 Å². The second kappa shape index (κ2) is 6.15. The number of halogens is 2. The number of benzene rings is 1. The van der Waals surface area contributed by atoms with Gasteiger partial charge in [-0.15, -0.1) is 0 Å². The molecule has 0 unspecified atom stereocenters. The molecule has 7 heteroatoms. The summed E-state index contributed by atoms with van der Waals surface area (Å²) in [6.45, 7) is 1.48. The smallest absolute Gasteiger partial charge is 0.282 e. The minimum atomic E-state index is -0.243. The topological polar surface area (TPSA) is 53.9 Å². The van der Waals surface area contributed by atoms with Gasteiger partial charge in [0.25, 0.3) is 5.56 Å². The fourth-order valence-corrected chi connectivity index (χ4v) is 3.83. The highest BCUT2D eigenvalue weighted by Gasteiger charge is 2.19. The van der Waals surface area contributed by atoms with E-state index in [1.165, 1.54) is 22.4 Å². The molecule has 2 aromatic heterocycles. The number of rotatable bonds is 2. The Morgan fingerprint density at radius 3 is 2.96 bits per heavy atom. The predicted molar refractivity (Wildman–Crippen MR) is 100 cm³/mol. The highest BCUT2D eigenvalue weighted by atomic mass is 79.9. The van der Waals surface area contributed by atoms with Gasteiger partial charge in [-0.1, -0.05) is 6.08 Å². The highest BCUT2D eigenvalue weighted by molar-refractivity contribution is 9.10. The van der Waals surface area contributed by atoms with Crippen molar-refractivity contribution in [3.63, 3.8) is 0 Å². The van der Waals surface area contributed by atoms with Crippen molar-refractivity contribution in [1.82, 2.24) is 14.8 Å². The van der Waals surface area contributed by atoms with Crippen LogP contribution in [0.25, 0.3) is 16.5 Å². The number of aromatic nitrogens is 3. The van der Waals surface area contributed by atoms with Gasteiger partial charge in [-0.05, 0) is 46.1 Å². The van der Waals surface area contributed by atoms with Crippen molar-refractivity contribution in [2.45, 2.75) is 6.42 Å². The lowest BCUT2D eigenvalue weighted by atomic mass is 9.99. The Balaban J connectivity index is 1.64. The van der Waals surface area contributed by atoms with E-state index < -0.39 is 0 Å². The third-order valence-corrected chi connectivity index (χ3v) is 5.34. The first-order valence-corrected chi connectivity index (χ1v) is 8.76. The summed E-state index contributed by atoms with van der Waals surface area (Å²) in [5.41, 5.74) is 3.79. The molecule has 0 spiro atoms. The van der Waals surface area contributed by atoms with Gasteiger partial charge >= 0.3 is 0 Å². The zero-order valence-electron chi connectivity index (χ0n) is 13.6. The molecule has 0 radical (unpaired) electrons. The molecule has 0 fully saturated rings. The molecule has 3 aromatic rings. The van der Waals surface area contributed by atoms with Crippen molar-refractivity contribution >= 4 is 38.1 Å². The molecule has 0 saturated heterocycles. The number of H-pyrrole nitrogens is 1. The van der Waals surface area contributed by atoms with E-state index in [0.29, 0.717) is 11.0 Å². The van der Waals surface area contributed by atoms with E-state index in [-0.39, 0.29) is 11.4 Å². The van der Waals surface area contributed by atoms with Gasteiger partial charge < -0.3 is 9.88 Å². The molecule has 4 rings (SSSR count). The van der Waals surface area contributed by atoms with E-state index in [1.807, 2.05) is 12.3 Å². The molecular formula is C18H16BrFN4O. The molecule has 5 nitrogen and oxygen atoms in total. The maximum Gasteiger partial charge on any atom is 0.282 e.